The third-order valence-corrected chi connectivity index (χ3v) is 5.50. The number of aromatic nitrogens is 1. The highest BCUT2D eigenvalue weighted by Gasteiger charge is 2.16. The van der Waals surface area contributed by atoms with E-state index in [1.54, 1.807) is 19.3 Å². The van der Waals surface area contributed by atoms with E-state index in [-0.39, 0.29) is 5.91 Å². The van der Waals surface area contributed by atoms with Gasteiger partial charge in [-0.05, 0) is 55.7 Å². The van der Waals surface area contributed by atoms with E-state index >= 15 is 0 Å². The average Bonchev–Trinajstić information content (AvgIpc) is 2.85. The van der Waals surface area contributed by atoms with Gasteiger partial charge in [-0.15, -0.1) is 0 Å². The molecule has 2 heterocycles. The summed E-state index contributed by atoms with van der Waals surface area (Å²) in [5.74, 6) is 6.26. The van der Waals surface area contributed by atoms with Crippen LogP contribution in [0.25, 0.3) is 0 Å². The highest BCUT2D eigenvalue weighted by molar-refractivity contribution is 6.29. The molecular formula is C26H29ClN4O2. The zero-order valence-electron chi connectivity index (χ0n) is 19.1. The number of amides is 1. The first-order valence-corrected chi connectivity index (χ1v) is 11.4. The van der Waals surface area contributed by atoms with Crippen LogP contribution < -0.4 is 10.2 Å². The van der Waals surface area contributed by atoms with Crippen LogP contribution in [0, 0.1) is 11.8 Å². The number of nitrogens with one attached hydrogen (secondary N) is 1. The van der Waals surface area contributed by atoms with Gasteiger partial charge >= 0.3 is 0 Å². The van der Waals surface area contributed by atoms with Crippen molar-refractivity contribution in [3.05, 3.63) is 70.0 Å². The Balaban J connectivity index is 1.75. The zero-order chi connectivity index (χ0) is 23.5. The number of pyridine rings is 1. The number of carbonyl (C=O) groups is 1. The maximum absolute atomic E-state index is 12.8. The number of hydrogen-bond donors (Lipinski definition) is 1. The van der Waals surface area contributed by atoms with Gasteiger partial charge in [0.05, 0.1) is 18.9 Å². The third kappa shape index (κ3) is 7.45. The van der Waals surface area contributed by atoms with Crippen LogP contribution in [0.15, 0.2) is 53.2 Å². The van der Waals surface area contributed by atoms with E-state index in [0.717, 1.165) is 48.3 Å². The Kier molecular flexibility index (Phi) is 9.49. The molecule has 0 bridgehead atoms. The van der Waals surface area contributed by atoms with Crippen molar-refractivity contribution in [1.82, 2.24) is 10.3 Å². The van der Waals surface area contributed by atoms with Crippen molar-refractivity contribution in [2.75, 3.05) is 44.8 Å². The van der Waals surface area contributed by atoms with Crippen molar-refractivity contribution >= 4 is 29.4 Å². The Hall–Kier alpha value is -3.14. The number of hydrogen-bond acceptors (Lipinski definition) is 5. The summed E-state index contributed by atoms with van der Waals surface area (Å²) in [6.07, 6.45) is 7.26. The van der Waals surface area contributed by atoms with Crippen LogP contribution in [0.1, 0.15) is 41.3 Å². The minimum Gasteiger partial charge on any atom is -0.378 e. The summed E-state index contributed by atoms with van der Waals surface area (Å²) in [7, 11) is 1.76. The second kappa shape index (κ2) is 12.8. The van der Waals surface area contributed by atoms with Crippen molar-refractivity contribution in [3.63, 3.8) is 0 Å². The van der Waals surface area contributed by atoms with Gasteiger partial charge in [0.1, 0.15) is 5.15 Å². The van der Waals surface area contributed by atoms with Crippen LogP contribution in [-0.2, 0) is 4.74 Å². The number of ether oxygens (including phenoxy) is 1. The molecule has 0 aliphatic carbocycles. The lowest BCUT2D eigenvalue weighted by atomic mass is 10.1. The number of allylic oxidation sites excluding steroid dienone is 2. The molecule has 0 atom stereocenters. The average molecular weight is 465 g/mol. The monoisotopic (exact) mass is 464 g/mol. The fraction of sp³-hybridized carbons (Fsp3) is 0.346. The van der Waals surface area contributed by atoms with Gasteiger partial charge in [-0.2, -0.15) is 0 Å². The zero-order valence-corrected chi connectivity index (χ0v) is 19.9. The summed E-state index contributed by atoms with van der Waals surface area (Å²) in [4.78, 5) is 23.2. The van der Waals surface area contributed by atoms with Gasteiger partial charge < -0.3 is 15.0 Å². The third-order valence-electron chi connectivity index (χ3n) is 5.27. The highest BCUT2D eigenvalue weighted by atomic mass is 35.5. The number of nitrogens with zero attached hydrogens (tertiary/aromatic N) is 3. The molecule has 0 spiro atoms. The van der Waals surface area contributed by atoms with Crippen LogP contribution in [0.2, 0.25) is 5.15 Å². The normalized spacial score (nSPS) is 14.2. The lowest BCUT2D eigenvalue weighted by Gasteiger charge is -2.30. The predicted octanol–water partition coefficient (Wildman–Crippen LogP) is 4.13. The lowest BCUT2D eigenvalue weighted by molar-refractivity contribution is 0.0953. The molecule has 6 nitrogen and oxygen atoms in total. The van der Waals surface area contributed by atoms with E-state index in [4.69, 9.17) is 16.3 Å². The molecule has 1 aromatic carbocycles. The Morgan fingerprint density at radius 1 is 1.27 bits per heavy atom. The van der Waals surface area contributed by atoms with Gasteiger partial charge in [0.15, 0.2) is 0 Å². The first-order valence-electron chi connectivity index (χ1n) is 11.1. The van der Waals surface area contributed by atoms with Crippen molar-refractivity contribution in [2.24, 2.45) is 4.99 Å². The summed E-state index contributed by atoms with van der Waals surface area (Å²) < 4.78 is 5.48. The topological polar surface area (TPSA) is 66.8 Å². The molecule has 1 N–H and O–H groups in total. The summed E-state index contributed by atoms with van der Waals surface area (Å²) in [6, 6.07) is 9.23. The molecule has 2 aromatic rings. The van der Waals surface area contributed by atoms with E-state index in [1.165, 1.54) is 0 Å². The SMILES string of the molecule is C/C=C(\C=NC)CCCNC(=O)c1ccc(N2CCOCC2)c(C#Cc2ccc(Cl)nc2)c1. The maximum Gasteiger partial charge on any atom is 0.251 e. The minimum absolute atomic E-state index is 0.106. The largest absolute Gasteiger partial charge is 0.378 e. The molecule has 1 fully saturated rings. The Bertz CT molecular complexity index is 1060. The van der Waals surface area contributed by atoms with Gasteiger partial charge in [-0.25, -0.2) is 4.98 Å². The van der Waals surface area contributed by atoms with Crippen LogP contribution in [-0.4, -0.2) is 57.0 Å². The first-order chi connectivity index (χ1) is 16.1. The number of morpholine rings is 1. The van der Waals surface area contributed by atoms with Gasteiger partial charge in [-0.1, -0.05) is 29.5 Å². The fourth-order valence-electron chi connectivity index (χ4n) is 3.49. The van der Waals surface area contributed by atoms with E-state index < -0.39 is 0 Å². The lowest BCUT2D eigenvalue weighted by Crippen LogP contribution is -2.36. The van der Waals surface area contributed by atoms with Gasteiger partial charge in [0.25, 0.3) is 5.91 Å². The van der Waals surface area contributed by atoms with Crippen LogP contribution >= 0.6 is 11.6 Å². The second-order valence-corrected chi connectivity index (χ2v) is 7.95. The summed E-state index contributed by atoms with van der Waals surface area (Å²) in [6.45, 7) is 5.51. The number of carbonyl (C=O) groups excluding carboxylic acids is 1. The Labute approximate surface area is 200 Å². The molecule has 1 saturated heterocycles. The molecule has 1 aliphatic heterocycles. The highest BCUT2D eigenvalue weighted by Crippen LogP contribution is 2.23. The molecule has 0 saturated carbocycles. The second-order valence-electron chi connectivity index (χ2n) is 7.56. The van der Waals surface area contributed by atoms with E-state index in [9.17, 15) is 4.79 Å². The predicted molar refractivity (Wildman–Crippen MR) is 134 cm³/mol. The molecule has 1 amide bonds. The van der Waals surface area contributed by atoms with Crippen molar-refractivity contribution in [3.8, 4) is 11.8 Å². The fourth-order valence-corrected chi connectivity index (χ4v) is 3.60. The number of anilines is 1. The number of benzene rings is 1. The summed E-state index contributed by atoms with van der Waals surface area (Å²) >= 11 is 5.87. The number of halogens is 1. The van der Waals surface area contributed by atoms with Gasteiger partial charge in [-0.3, -0.25) is 9.79 Å². The molecule has 0 unspecified atom stereocenters. The standard InChI is InChI=1S/C26H29ClN4O2/c1-3-20(18-28-2)5-4-12-29-26(32)23-9-10-24(31-13-15-33-16-14-31)22(17-23)8-6-21-7-11-25(27)30-19-21/h3,7,9-11,17-19H,4-5,12-16H2,1-2H3,(H,29,32)/b20-3-,28-18?. The molecule has 7 heteroatoms. The molecule has 172 valence electrons. The maximum atomic E-state index is 12.8. The summed E-state index contributed by atoms with van der Waals surface area (Å²) in [5, 5.41) is 3.44. The van der Waals surface area contributed by atoms with Crippen molar-refractivity contribution < 1.29 is 9.53 Å². The van der Waals surface area contributed by atoms with E-state index in [0.29, 0.717) is 30.5 Å². The van der Waals surface area contributed by atoms with E-state index in [2.05, 4.69) is 32.0 Å². The Morgan fingerprint density at radius 3 is 2.79 bits per heavy atom. The van der Waals surface area contributed by atoms with Gasteiger partial charge in [0.2, 0.25) is 0 Å². The smallest absolute Gasteiger partial charge is 0.251 e. The minimum atomic E-state index is -0.106. The summed E-state index contributed by atoms with van der Waals surface area (Å²) in [5.41, 5.74) is 4.32. The molecule has 0 radical (unpaired) electrons. The van der Waals surface area contributed by atoms with E-state index in [1.807, 2.05) is 43.5 Å². The van der Waals surface area contributed by atoms with Gasteiger partial charge in [0, 0.05) is 55.8 Å². The van der Waals surface area contributed by atoms with Crippen molar-refractivity contribution in [2.45, 2.75) is 19.8 Å². The Morgan fingerprint density at radius 2 is 2.09 bits per heavy atom. The molecule has 1 aromatic heterocycles. The molecule has 1 aliphatic rings. The van der Waals surface area contributed by atoms with Crippen LogP contribution in [0.3, 0.4) is 0 Å². The molecular weight excluding hydrogens is 436 g/mol. The molecule has 33 heavy (non-hydrogen) atoms. The van der Waals surface area contributed by atoms with Crippen molar-refractivity contribution in [1.29, 1.82) is 0 Å². The number of rotatable bonds is 7. The first kappa shape index (κ1) is 24.5. The van der Waals surface area contributed by atoms with Crippen LogP contribution in [0.4, 0.5) is 5.69 Å². The quantitative estimate of drug-likeness (QED) is 0.289. The van der Waals surface area contributed by atoms with Crippen LogP contribution in [0.5, 0.6) is 0 Å². The number of aliphatic imine (C=N–C) groups is 1. The molecule has 3 rings (SSSR count).